The minimum absolute atomic E-state index is 0.491. The molecule has 0 atom stereocenters. The van der Waals surface area contributed by atoms with E-state index in [1.807, 2.05) is 0 Å². The molecule has 2 aromatic rings. The predicted octanol–water partition coefficient (Wildman–Crippen LogP) is 4.04. The minimum Gasteiger partial charge on any atom is -0.463 e. The predicted molar refractivity (Wildman–Crippen MR) is 70.4 cm³/mol. The van der Waals surface area contributed by atoms with Gasteiger partial charge in [-0.2, -0.15) is 10.2 Å². The molecule has 0 radical (unpaired) electrons. The molecule has 17 heavy (non-hydrogen) atoms. The maximum absolute atomic E-state index is 5.86. The largest absolute Gasteiger partial charge is 0.463 e. The number of furan rings is 1. The molecular weight excluding hydrogens is 259 g/mol. The van der Waals surface area contributed by atoms with E-state index in [4.69, 9.17) is 27.6 Å². The molecular formula is C12H8Cl2N2O. The third-order valence-corrected chi connectivity index (χ3v) is 2.68. The molecule has 0 unspecified atom stereocenters. The van der Waals surface area contributed by atoms with Gasteiger partial charge in [-0.1, -0.05) is 29.3 Å². The normalized spacial score (nSPS) is 11.6. The lowest BCUT2D eigenvalue weighted by Gasteiger charge is -1.95. The van der Waals surface area contributed by atoms with Crippen LogP contribution in [0.5, 0.6) is 0 Å². The zero-order chi connectivity index (χ0) is 12.1. The highest BCUT2D eigenvalue weighted by molar-refractivity contribution is 6.42. The molecule has 1 heterocycles. The number of nitrogens with zero attached hydrogens (tertiary/aromatic N) is 2. The monoisotopic (exact) mass is 266 g/mol. The van der Waals surface area contributed by atoms with Crippen molar-refractivity contribution in [2.24, 2.45) is 10.2 Å². The maximum atomic E-state index is 5.86. The zero-order valence-corrected chi connectivity index (χ0v) is 10.2. The smallest absolute Gasteiger partial charge is 0.146 e. The Hall–Kier alpha value is -1.58. The van der Waals surface area contributed by atoms with E-state index in [2.05, 4.69) is 10.2 Å². The van der Waals surface area contributed by atoms with Crippen LogP contribution >= 0.6 is 23.2 Å². The Kier molecular flexibility index (Phi) is 3.96. The van der Waals surface area contributed by atoms with E-state index >= 15 is 0 Å². The quantitative estimate of drug-likeness (QED) is 0.610. The topological polar surface area (TPSA) is 37.9 Å². The first-order chi connectivity index (χ1) is 8.25. The van der Waals surface area contributed by atoms with Crippen molar-refractivity contribution in [3.05, 3.63) is 58.0 Å². The number of rotatable bonds is 3. The summed E-state index contributed by atoms with van der Waals surface area (Å²) in [7, 11) is 0. The van der Waals surface area contributed by atoms with Crippen molar-refractivity contribution in [3.63, 3.8) is 0 Å². The SMILES string of the molecule is Clc1ccc(/C=N\N=C/c2ccco2)cc1Cl. The molecule has 0 saturated carbocycles. The summed E-state index contributed by atoms with van der Waals surface area (Å²) in [6.07, 6.45) is 4.68. The molecule has 0 aliphatic heterocycles. The Morgan fingerprint density at radius 2 is 1.82 bits per heavy atom. The highest BCUT2D eigenvalue weighted by atomic mass is 35.5. The molecule has 0 bridgehead atoms. The summed E-state index contributed by atoms with van der Waals surface area (Å²) in [5, 5.41) is 8.71. The maximum Gasteiger partial charge on any atom is 0.146 e. The van der Waals surface area contributed by atoms with Crippen LogP contribution in [0, 0.1) is 0 Å². The first-order valence-electron chi connectivity index (χ1n) is 4.80. The van der Waals surface area contributed by atoms with Crippen LogP contribution in [0.2, 0.25) is 10.0 Å². The minimum atomic E-state index is 0.491. The fourth-order valence-electron chi connectivity index (χ4n) is 1.15. The van der Waals surface area contributed by atoms with Crippen LogP contribution in [-0.2, 0) is 0 Å². The summed E-state index contributed by atoms with van der Waals surface area (Å²) in [5.41, 5.74) is 0.830. The van der Waals surface area contributed by atoms with Gasteiger partial charge in [-0.05, 0) is 29.8 Å². The molecule has 0 fully saturated rings. The second-order valence-electron chi connectivity index (χ2n) is 3.18. The van der Waals surface area contributed by atoms with E-state index in [1.165, 1.54) is 6.21 Å². The van der Waals surface area contributed by atoms with Gasteiger partial charge in [-0.3, -0.25) is 0 Å². The van der Waals surface area contributed by atoms with Crippen molar-refractivity contribution in [2.75, 3.05) is 0 Å². The molecule has 0 aliphatic rings. The van der Waals surface area contributed by atoms with Gasteiger partial charge in [0.2, 0.25) is 0 Å². The van der Waals surface area contributed by atoms with Gasteiger partial charge in [0.1, 0.15) is 5.76 Å². The van der Waals surface area contributed by atoms with Crippen LogP contribution in [-0.4, -0.2) is 12.4 Å². The van der Waals surface area contributed by atoms with Gasteiger partial charge < -0.3 is 4.42 Å². The van der Waals surface area contributed by atoms with Crippen LogP contribution in [0.15, 0.2) is 51.2 Å². The number of benzene rings is 1. The van der Waals surface area contributed by atoms with E-state index < -0.39 is 0 Å². The van der Waals surface area contributed by atoms with E-state index in [-0.39, 0.29) is 0 Å². The molecule has 86 valence electrons. The van der Waals surface area contributed by atoms with Crippen molar-refractivity contribution in [1.82, 2.24) is 0 Å². The Labute approximate surface area is 108 Å². The lowest BCUT2D eigenvalue weighted by molar-refractivity contribution is 0.560. The third kappa shape index (κ3) is 3.44. The van der Waals surface area contributed by atoms with Crippen LogP contribution < -0.4 is 0 Å². The van der Waals surface area contributed by atoms with Crippen molar-refractivity contribution in [2.45, 2.75) is 0 Å². The van der Waals surface area contributed by atoms with Crippen molar-refractivity contribution >= 4 is 35.6 Å². The summed E-state index contributed by atoms with van der Waals surface area (Å²) in [4.78, 5) is 0. The molecule has 0 amide bonds. The van der Waals surface area contributed by atoms with E-state index in [0.29, 0.717) is 15.8 Å². The summed E-state index contributed by atoms with van der Waals surface area (Å²) in [6.45, 7) is 0. The van der Waals surface area contributed by atoms with E-state index in [0.717, 1.165) is 5.56 Å². The number of halogens is 2. The lowest BCUT2D eigenvalue weighted by Crippen LogP contribution is -1.80. The summed E-state index contributed by atoms with van der Waals surface area (Å²) in [5.74, 6) is 0.649. The summed E-state index contributed by atoms with van der Waals surface area (Å²) in [6, 6.07) is 8.81. The fraction of sp³-hybridized carbons (Fsp3) is 0. The van der Waals surface area contributed by atoms with Crippen molar-refractivity contribution in [3.8, 4) is 0 Å². The molecule has 0 N–H and O–H groups in total. The number of hydrogen-bond donors (Lipinski definition) is 0. The van der Waals surface area contributed by atoms with Crippen LogP contribution in [0.3, 0.4) is 0 Å². The average Bonchev–Trinajstić information content (AvgIpc) is 2.82. The highest BCUT2D eigenvalue weighted by Crippen LogP contribution is 2.21. The summed E-state index contributed by atoms with van der Waals surface area (Å²) < 4.78 is 5.06. The first kappa shape index (κ1) is 11.9. The molecule has 5 heteroatoms. The average molecular weight is 267 g/mol. The molecule has 2 rings (SSSR count). The molecule has 3 nitrogen and oxygen atoms in total. The Bertz CT molecular complexity index is 548. The Morgan fingerprint density at radius 3 is 2.53 bits per heavy atom. The van der Waals surface area contributed by atoms with Gasteiger partial charge in [0, 0.05) is 0 Å². The highest BCUT2D eigenvalue weighted by Gasteiger charge is 1.96. The second kappa shape index (κ2) is 5.66. The summed E-state index contributed by atoms with van der Waals surface area (Å²) >= 11 is 11.7. The number of hydrogen-bond acceptors (Lipinski definition) is 3. The van der Waals surface area contributed by atoms with Gasteiger partial charge >= 0.3 is 0 Å². The van der Waals surface area contributed by atoms with Gasteiger partial charge in [0.05, 0.1) is 28.7 Å². The fourth-order valence-corrected chi connectivity index (χ4v) is 1.45. The van der Waals surface area contributed by atoms with E-state index in [1.54, 1.807) is 42.8 Å². The van der Waals surface area contributed by atoms with Gasteiger partial charge in [-0.25, -0.2) is 0 Å². The van der Waals surface area contributed by atoms with Crippen molar-refractivity contribution in [1.29, 1.82) is 0 Å². The first-order valence-corrected chi connectivity index (χ1v) is 5.56. The second-order valence-corrected chi connectivity index (χ2v) is 3.99. The zero-order valence-electron chi connectivity index (χ0n) is 8.68. The molecule has 0 saturated heterocycles. The van der Waals surface area contributed by atoms with Crippen LogP contribution in [0.25, 0.3) is 0 Å². The van der Waals surface area contributed by atoms with Crippen LogP contribution in [0.1, 0.15) is 11.3 Å². The Morgan fingerprint density at radius 1 is 1.00 bits per heavy atom. The third-order valence-electron chi connectivity index (χ3n) is 1.95. The molecule has 0 spiro atoms. The molecule has 1 aromatic carbocycles. The van der Waals surface area contributed by atoms with Gasteiger partial charge in [0.25, 0.3) is 0 Å². The van der Waals surface area contributed by atoms with Gasteiger partial charge in [-0.15, -0.1) is 0 Å². The van der Waals surface area contributed by atoms with Gasteiger partial charge in [0.15, 0.2) is 0 Å². The van der Waals surface area contributed by atoms with Crippen molar-refractivity contribution < 1.29 is 4.42 Å². The lowest BCUT2D eigenvalue weighted by atomic mass is 10.2. The van der Waals surface area contributed by atoms with E-state index in [9.17, 15) is 0 Å². The molecule has 0 aliphatic carbocycles. The van der Waals surface area contributed by atoms with Crippen LogP contribution in [0.4, 0.5) is 0 Å². The Balaban J connectivity index is 2.03. The molecule has 1 aromatic heterocycles. The standard InChI is InChI=1S/C12H8Cl2N2O/c13-11-4-3-9(6-12(11)14)7-15-16-8-10-2-1-5-17-10/h1-8H/b15-7-,16-8-.